The van der Waals surface area contributed by atoms with Gasteiger partial charge in [0, 0.05) is 0 Å². The van der Waals surface area contributed by atoms with Crippen LogP contribution in [0, 0.1) is 18.3 Å². The first-order valence-corrected chi connectivity index (χ1v) is 8.18. The summed E-state index contributed by atoms with van der Waals surface area (Å²) in [4.78, 5) is 0. The molecule has 108 valence electrons. The van der Waals surface area contributed by atoms with Crippen LogP contribution in [-0.2, 0) is 15.8 Å². The molecule has 2 aromatic rings. The monoisotopic (exact) mass is 320 g/mol. The third kappa shape index (κ3) is 4.22. The van der Waals surface area contributed by atoms with Crippen molar-refractivity contribution in [2.75, 3.05) is 4.72 Å². The molecule has 6 heteroatoms. The fourth-order valence-corrected chi connectivity index (χ4v) is 3.24. The summed E-state index contributed by atoms with van der Waals surface area (Å²) in [5, 5.41) is 9.07. The van der Waals surface area contributed by atoms with Gasteiger partial charge in [0.2, 0.25) is 10.0 Å². The lowest BCUT2D eigenvalue weighted by Gasteiger charge is -2.10. The number of nitrogens with one attached hydrogen (secondary N) is 1. The summed E-state index contributed by atoms with van der Waals surface area (Å²) >= 11 is 5.98. The second-order valence-electron chi connectivity index (χ2n) is 4.65. The van der Waals surface area contributed by atoms with Crippen LogP contribution in [0.25, 0.3) is 0 Å². The minimum absolute atomic E-state index is 0.178. The molecule has 0 fully saturated rings. The van der Waals surface area contributed by atoms with E-state index in [1.807, 2.05) is 13.0 Å². The van der Waals surface area contributed by atoms with Crippen LogP contribution in [0.4, 0.5) is 5.69 Å². The first-order chi connectivity index (χ1) is 9.89. The summed E-state index contributed by atoms with van der Waals surface area (Å²) in [5.41, 5.74) is 2.37. The predicted molar refractivity (Wildman–Crippen MR) is 83.6 cm³/mol. The Hall–Kier alpha value is -2.03. The summed E-state index contributed by atoms with van der Waals surface area (Å²) in [7, 11) is -3.56. The SMILES string of the molecule is Cc1ccc(Cl)c(NS(=O)(=O)Cc2ccc(C#N)cc2)c1. The first-order valence-electron chi connectivity index (χ1n) is 6.15. The molecule has 0 spiro atoms. The second kappa shape index (κ2) is 6.17. The van der Waals surface area contributed by atoms with E-state index in [0.717, 1.165) is 5.56 Å². The Kier molecular flexibility index (Phi) is 4.51. The Labute approximate surface area is 129 Å². The minimum Gasteiger partial charge on any atom is -0.282 e. The number of hydrogen-bond acceptors (Lipinski definition) is 3. The van der Waals surface area contributed by atoms with Crippen molar-refractivity contribution in [3.63, 3.8) is 0 Å². The van der Waals surface area contributed by atoms with Crippen LogP contribution in [0.15, 0.2) is 42.5 Å². The molecule has 0 heterocycles. The van der Waals surface area contributed by atoms with E-state index in [1.54, 1.807) is 42.5 Å². The van der Waals surface area contributed by atoms with Crippen LogP contribution >= 0.6 is 11.6 Å². The Morgan fingerprint density at radius 1 is 1.19 bits per heavy atom. The molecule has 2 rings (SSSR count). The molecule has 0 aliphatic heterocycles. The number of halogens is 1. The molecule has 0 saturated heterocycles. The van der Waals surface area contributed by atoms with Crippen molar-refractivity contribution < 1.29 is 8.42 Å². The largest absolute Gasteiger partial charge is 0.282 e. The van der Waals surface area contributed by atoms with Crippen molar-refractivity contribution in [3.05, 3.63) is 64.2 Å². The van der Waals surface area contributed by atoms with Gasteiger partial charge in [-0.15, -0.1) is 0 Å². The average Bonchev–Trinajstić information content (AvgIpc) is 2.43. The lowest BCUT2D eigenvalue weighted by atomic mass is 10.2. The third-order valence-electron chi connectivity index (χ3n) is 2.83. The predicted octanol–water partition coefficient (Wildman–Crippen LogP) is 3.46. The molecule has 0 atom stereocenters. The molecular weight excluding hydrogens is 308 g/mol. The normalized spacial score (nSPS) is 10.9. The summed E-state index contributed by atoms with van der Waals surface area (Å²) in [6.45, 7) is 1.86. The van der Waals surface area contributed by atoms with Gasteiger partial charge in [-0.05, 0) is 42.3 Å². The Morgan fingerprint density at radius 2 is 1.86 bits per heavy atom. The van der Waals surface area contributed by atoms with Gasteiger partial charge in [0.25, 0.3) is 0 Å². The van der Waals surface area contributed by atoms with Gasteiger partial charge < -0.3 is 0 Å². The Bertz CT molecular complexity index is 793. The molecule has 0 aromatic heterocycles. The zero-order chi connectivity index (χ0) is 15.5. The molecule has 0 unspecified atom stereocenters. The molecule has 0 amide bonds. The quantitative estimate of drug-likeness (QED) is 0.937. The van der Waals surface area contributed by atoms with Crippen molar-refractivity contribution in [2.45, 2.75) is 12.7 Å². The number of hydrogen-bond donors (Lipinski definition) is 1. The van der Waals surface area contributed by atoms with Gasteiger partial charge in [-0.3, -0.25) is 4.72 Å². The topological polar surface area (TPSA) is 70.0 Å². The molecule has 0 aliphatic carbocycles. The second-order valence-corrected chi connectivity index (χ2v) is 6.78. The lowest BCUT2D eigenvalue weighted by molar-refractivity contribution is 0.600. The maximum atomic E-state index is 12.2. The third-order valence-corrected chi connectivity index (χ3v) is 4.40. The van der Waals surface area contributed by atoms with Crippen LogP contribution in [0.1, 0.15) is 16.7 Å². The van der Waals surface area contributed by atoms with Crippen molar-refractivity contribution in [3.8, 4) is 6.07 Å². The molecular formula is C15H13ClN2O2S. The van der Waals surface area contributed by atoms with Gasteiger partial charge in [-0.2, -0.15) is 5.26 Å². The summed E-state index contributed by atoms with van der Waals surface area (Å²) in [6.07, 6.45) is 0. The number of rotatable bonds is 4. The molecule has 0 saturated carbocycles. The molecule has 0 aliphatic rings. The van der Waals surface area contributed by atoms with Crippen molar-refractivity contribution in [1.82, 2.24) is 0 Å². The number of nitrogens with zero attached hydrogens (tertiary/aromatic N) is 1. The van der Waals surface area contributed by atoms with Crippen LogP contribution in [-0.4, -0.2) is 8.42 Å². The standard InChI is InChI=1S/C15H13ClN2O2S/c1-11-2-7-14(16)15(8-11)18-21(19,20)10-13-5-3-12(9-17)4-6-13/h2-8,18H,10H2,1H3. The molecule has 0 bridgehead atoms. The fourth-order valence-electron chi connectivity index (χ4n) is 1.82. The molecule has 1 N–H and O–H groups in total. The number of sulfonamides is 1. The van der Waals surface area contributed by atoms with Crippen LogP contribution in [0.3, 0.4) is 0 Å². The van der Waals surface area contributed by atoms with E-state index in [4.69, 9.17) is 16.9 Å². The Balaban J connectivity index is 2.18. The van der Waals surface area contributed by atoms with Crippen LogP contribution in [0.5, 0.6) is 0 Å². The number of aryl methyl sites for hydroxylation is 1. The molecule has 21 heavy (non-hydrogen) atoms. The van der Waals surface area contributed by atoms with E-state index in [0.29, 0.717) is 21.8 Å². The highest BCUT2D eigenvalue weighted by molar-refractivity contribution is 7.91. The van der Waals surface area contributed by atoms with E-state index in [9.17, 15) is 8.42 Å². The smallest absolute Gasteiger partial charge is 0.236 e. The van der Waals surface area contributed by atoms with Crippen molar-refractivity contribution >= 4 is 27.3 Å². The minimum atomic E-state index is -3.56. The number of benzene rings is 2. The Morgan fingerprint density at radius 3 is 2.48 bits per heavy atom. The molecule has 4 nitrogen and oxygen atoms in total. The summed E-state index contributed by atoms with van der Waals surface area (Å²) in [5.74, 6) is -0.178. The average molecular weight is 321 g/mol. The van der Waals surface area contributed by atoms with Gasteiger partial charge >= 0.3 is 0 Å². The van der Waals surface area contributed by atoms with E-state index in [1.165, 1.54) is 0 Å². The zero-order valence-electron chi connectivity index (χ0n) is 11.3. The number of anilines is 1. The summed E-state index contributed by atoms with van der Waals surface area (Å²) < 4.78 is 26.8. The number of nitriles is 1. The highest BCUT2D eigenvalue weighted by Gasteiger charge is 2.13. The maximum absolute atomic E-state index is 12.2. The van der Waals surface area contributed by atoms with Gasteiger partial charge in [-0.1, -0.05) is 29.8 Å². The molecule has 0 radical (unpaired) electrons. The highest BCUT2D eigenvalue weighted by atomic mass is 35.5. The van der Waals surface area contributed by atoms with E-state index < -0.39 is 10.0 Å². The van der Waals surface area contributed by atoms with Gasteiger partial charge in [0.15, 0.2) is 0 Å². The summed E-state index contributed by atoms with van der Waals surface area (Å²) in [6, 6.07) is 13.5. The molecule has 2 aromatic carbocycles. The van der Waals surface area contributed by atoms with E-state index in [-0.39, 0.29) is 5.75 Å². The zero-order valence-corrected chi connectivity index (χ0v) is 12.9. The van der Waals surface area contributed by atoms with E-state index in [2.05, 4.69) is 4.72 Å². The van der Waals surface area contributed by atoms with E-state index >= 15 is 0 Å². The van der Waals surface area contributed by atoms with Crippen LogP contribution < -0.4 is 4.72 Å². The highest BCUT2D eigenvalue weighted by Crippen LogP contribution is 2.24. The van der Waals surface area contributed by atoms with Gasteiger partial charge in [0.05, 0.1) is 28.1 Å². The van der Waals surface area contributed by atoms with Gasteiger partial charge in [0.1, 0.15) is 0 Å². The first kappa shape index (κ1) is 15.4. The maximum Gasteiger partial charge on any atom is 0.236 e. The van der Waals surface area contributed by atoms with Gasteiger partial charge in [-0.25, -0.2) is 8.42 Å². The van der Waals surface area contributed by atoms with Crippen LogP contribution in [0.2, 0.25) is 5.02 Å². The van der Waals surface area contributed by atoms with Crippen molar-refractivity contribution in [2.24, 2.45) is 0 Å². The fraction of sp³-hybridized carbons (Fsp3) is 0.133. The lowest BCUT2D eigenvalue weighted by Crippen LogP contribution is -2.15. The van der Waals surface area contributed by atoms with Crippen molar-refractivity contribution in [1.29, 1.82) is 5.26 Å².